The second-order valence-corrected chi connectivity index (χ2v) is 10.0. The molecule has 0 saturated carbocycles. The molecule has 0 aliphatic heterocycles. The van der Waals surface area contributed by atoms with E-state index < -0.39 is 11.9 Å². The van der Waals surface area contributed by atoms with Gasteiger partial charge in [0.25, 0.3) is 5.91 Å². The minimum Gasteiger partial charge on any atom is -0.490 e. The Labute approximate surface area is 249 Å². The van der Waals surface area contributed by atoms with Crippen LogP contribution in [0.3, 0.4) is 0 Å². The van der Waals surface area contributed by atoms with Crippen LogP contribution in [0.5, 0.6) is 11.5 Å². The van der Waals surface area contributed by atoms with E-state index in [1.54, 1.807) is 36.4 Å². The molecule has 0 saturated heterocycles. The largest absolute Gasteiger partial charge is 0.490 e. The van der Waals surface area contributed by atoms with Gasteiger partial charge in [0.05, 0.1) is 18.4 Å². The Morgan fingerprint density at radius 3 is 2.48 bits per heavy atom. The lowest BCUT2D eigenvalue weighted by Crippen LogP contribution is -2.19. The van der Waals surface area contributed by atoms with E-state index in [-0.39, 0.29) is 5.75 Å². The first kappa shape index (κ1) is 28.6. The van der Waals surface area contributed by atoms with E-state index in [4.69, 9.17) is 21.1 Å². The Balaban J connectivity index is 1.39. The highest BCUT2D eigenvalue weighted by Crippen LogP contribution is 2.37. The number of carbonyl (C=O) groups is 2. The lowest BCUT2D eigenvalue weighted by Gasteiger charge is -2.11. The zero-order chi connectivity index (χ0) is 29.6. The summed E-state index contributed by atoms with van der Waals surface area (Å²) in [7, 11) is 0. The van der Waals surface area contributed by atoms with Crippen LogP contribution in [0.2, 0.25) is 5.02 Å². The number of rotatable bonds is 9. The van der Waals surface area contributed by atoms with E-state index in [9.17, 15) is 9.59 Å². The standard InChI is InChI=1S/C34H30ClN3O4/c1-4-23-9-8-11-26-30(25-10-6-7-12-27(25)35)32(37-31(23)26)33(39)38-36-20-22-15-18-28(29(19-22)41-5-2)42-34(40)24-16-13-21(3)14-17-24/h6-20,37H,4-5H2,1-3H3,(H,38,39). The molecule has 0 fully saturated rings. The number of halogens is 1. The number of aromatic nitrogens is 1. The van der Waals surface area contributed by atoms with Gasteiger partial charge in [-0.1, -0.05) is 72.6 Å². The van der Waals surface area contributed by atoms with Crippen LogP contribution in [0.4, 0.5) is 0 Å². The number of hydrazone groups is 1. The number of aromatic amines is 1. The Morgan fingerprint density at radius 2 is 1.74 bits per heavy atom. The highest BCUT2D eigenvalue weighted by Gasteiger charge is 2.22. The molecule has 5 rings (SSSR count). The average molecular weight is 580 g/mol. The molecule has 0 aliphatic rings. The number of esters is 1. The highest BCUT2D eigenvalue weighted by molar-refractivity contribution is 6.34. The maximum Gasteiger partial charge on any atom is 0.343 e. The minimum absolute atomic E-state index is 0.290. The Morgan fingerprint density at radius 1 is 0.952 bits per heavy atom. The number of ether oxygens (including phenoxy) is 2. The molecule has 1 heterocycles. The number of carbonyl (C=O) groups excluding carboxylic acids is 2. The number of para-hydroxylation sites is 1. The molecule has 42 heavy (non-hydrogen) atoms. The predicted molar refractivity (Wildman–Crippen MR) is 167 cm³/mol. The van der Waals surface area contributed by atoms with Crippen molar-refractivity contribution in [1.82, 2.24) is 10.4 Å². The van der Waals surface area contributed by atoms with Crippen LogP contribution < -0.4 is 14.9 Å². The van der Waals surface area contributed by atoms with Gasteiger partial charge in [-0.15, -0.1) is 0 Å². The summed E-state index contributed by atoms with van der Waals surface area (Å²) >= 11 is 6.56. The lowest BCUT2D eigenvalue weighted by molar-refractivity contribution is 0.0728. The number of hydrogen-bond acceptors (Lipinski definition) is 5. The Hall–Kier alpha value is -4.88. The molecular formula is C34H30ClN3O4. The first-order valence-corrected chi connectivity index (χ1v) is 14.0. The van der Waals surface area contributed by atoms with Crippen molar-refractivity contribution in [3.63, 3.8) is 0 Å². The van der Waals surface area contributed by atoms with Gasteiger partial charge in [-0.25, -0.2) is 10.2 Å². The molecule has 0 spiro atoms. The van der Waals surface area contributed by atoms with Crippen LogP contribution in [-0.4, -0.2) is 29.7 Å². The highest BCUT2D eigenvalue weighted by atomic mass is 35.5. The number of benzene rings is 4. The summed E-state index contributed by atoms with van der Waals surface area (Å²) in [6.07, 6.45) is 2.30. The SMILES string of the molecule is CCOc1cc(C=NNC(=O)c2[nH]c3c(CC)cccc3c2-c2ccccc2Cl)ccc1OC(=O)c1ccc(C)cc1. The van der Waals surface area contributed by atoms with Gasteiger partial charge in [0.15, 0.2) is 11.5 Å². The number of nitrogens with zero attached hydrogens (tertiary/aromatic N) is 1. The van der Waals surface area contributed by atoms with Crippen LogP contribution in [0.15, 0.2) is 90.0 Å². The normalized spacial score (nSPS) is 11.1. The maximum atomic E-state index is 13.4. The summed E-state index contributed by atoms with van der Waals surface area (Å²) in [6.45, 7) is 6.23. The monoisotopic (exact) mass is 579 g/mol. The van der Waals surface area contributed by atoms with Crippen LogP contribution in [0.1, 0.15) is 51.4 Å². The van der Waals surface area contributed by atoms with E-state index in [2.05, 4.69) is 22.4 Å². The van der Waals surface area contributed by atoms with Crippen molar-refractivity contribution >= 4 is 40.6 Å². The Bertz CT molecular complexity index is 1790. The van der Waals surface area contributed by atoms with Gasteiger partial charge < -0.3 is 14.5 Å². The molecule has 0 bridgehead atoms. The van der Waals surface area contributed by atoms with Gasteiger partial charge in [0.2, 0.25) is 0 Å². The number of hydrogen-bond donors (Lipinski definition) is 2. The first-order valence-electron chi connectivity index (χ1n) is 13.7. The molecule has 4 aromatic carbocycles. The van der Waals surface area contributed by atoms with Crippen molar-refractivity contribution in [2.24, 2.45) is 5.10 Å². The number of H-pyrrole nitrogens is 1. The van der Waals surface area contributed by atoms with Crippen LogP contribution in [0, 0.1) is 6.92 Å². The zero-order valence-corrected chi connectivity index (χ0v) is 24.3. The second kappa shape index (κ2) is 12.7. The van der Waals surface area contributed by atoms with Gasteiger partial charge in [-0.05, 0) is 67.8 Å². The summed E-state index contributed by atoms with van der Waals surface area (Å²) in [5.74, 6) is -0.216. The van der Waals surface area contributed by atoms with Gasteiger partial charge in [-0.3, -0.25) is 4.79 Å². The van der Waals surface area contributed by atoms with Crippen LogP contribution >= 0.6 is 11.6 Å². The van der Waals surface area contributed by atoms with Gasteiger partial charge in [-0.2, -0.15) is 5.10 Å². The number of aryl methyl sites for hydroxylation is 2. The summed E-state index contributed by atoms with van der Waals surface area (Å²) in [4.78, 5) is 29.4. The fraction of sp³-hybridized carbons (Fsp3) is 0.147. The average Bonchev–Trinajstić information content (AvgIpc) is 3.39. The molecule has 5 aromatic rings. The first-order chi connectivity index (χ1) is 20.4. The smallest absolute Gasteiger partial charge is 0.343 e. The van der Waals surface area contributed by atoms with Crippen molar-refractivity contribution in [1.29, 1.82) is 0 Å². The molecule has 212 valence electrons. The topological polar surface area (TPSA) is 92.8 Å². The quantitative estimate of drug-likeness (QED) is 0.0808. The molecule has 0 unspecified atom stereocenters. The molecule has 0 aliphatic carbocycles. The summed E-state index contributed by atoms with van der Waals surface area (Å²) < 4.78 is 11.3. The molecule has 8 heteroatoms. The van der Waals surface area contributed by atoms with Crippen molar-refractivity contribution < 1.29 is 19.1 Å². The van der Waals surface area contributed by atoms with E-state index in [1.165, 1.54) is 6.21 Å². The third kappa shape index (κ3) is 6.06. The van der Waals surface area contributed by atoms with Crippen molar-refractivity contribution in [3.8, 4) is 22.6 Å². The number of amides is 1. The predicted octanol–water partition coefficient (Wildman–Crippen LogP) is 7.74. The fourth-order valence-corrected chi connectivity index (χ4v) is 4.94. The lowest BCUT2D eigenvalue weighted by atomic mass is 9.99. The summed E-state index contributed by atoms with van der Waals surface area (Å²) in [5, 5.41) is 5.65. The third-order valence-corrected chi connectivity index (χ3v) is 7.14. The van der Waals surface area contributed by atoms with Gasteiger partial charge in [0.1, 0.15) is 5.69 Å². The van der Waals surface area contributed by atoms with E-state index in [0.29, 0.717) is 34.2 Å². The molecule has 2 N–H and O–H groups in total. The summed E-state index contributed by atoms with van der Waals surface area (Å²) in [6, 6.07) is 25.6. The maximum absolute atomic E-state index is 13.4. The molecule has 7 nitrogen and oxygen atoms in total. The second-order valence-electron chi connectivity index (χ2n) is 9.64. The Kier molecular flexibility index (Phi) is 8.69. The van der Waals surface area contributed by atoms with Crippen molar-refractivity contribution in [2.45, 2.75) is 27.2 Å². The van der Waals surface area contributed by atoms with Crippen molar-refractivity contribution in [3.05, 3.63) is 118 Å². The van der Waals surface area contributed by atoms with Crippen molar-refractivity contribution in [2.75, 3.05) is 6.61 Å². The van der Waals surface area contributed by atoms with Crippen LogP contribution in [-0.2, 0) is 6.42 Å². The van der Waals surface area contributed by atoms with E-state index in [1.807, 2.05) is 62.4 Å². The molecular weight excluding hydrogens is 550 g/mol. The molecule has 0 atom stereocenters. The molecule has 0 radical (unpaired) electrons. The van der Waals surface area contributed by atoms with Gasteiger partial charge in [0, 0.05) is 27.1 Å². The zero-order valence-electron chi connectivity index (χ0n) is 23.5. The minimum atomic E-state index is -0.483. The van der Waals surface area contributed by atoms with Crippen LogP contribution in [0.25, 0.3) is 22.0 Å². The van der Waals surface area contributed by atoms with Gasteiger partial charge >= 0.3 is 5.97 Å². The molecule has 1 amide bonds. The molecule has 1 aromatic heterocycles. The number of nitrogens with one attached hydrogen (secondary N) is 2. The number of fused-ring (bicyclic) bond motifs is 1. The van der Waals surface area contributed by atoms with E-state index >= 15 is 0 Å². The fourth-order valence-electron chi connectivity index (χ4n) is 4.71. The third-order valence-electron chi connectivity index (χ3n) is 6.81. The summed E-state index contributed by atoms with van der Waals surface area (Å²) in [5.41, 5.74) is 8.58. The van der Waals surface area contributed by atoms with E-state index in [0.717, 1.165) is 39.6 Å².